The van der Waals surface area contributed by atoms with E-state index < -0.39 is 5.82 Å². The van der Waals surface area contributed by atoms with Gasteiger partial charge in [-0.1, -0.05) is 6.08 Å². The van der Waals surface area contributed by atoms with Crippen LogP contribution >= 0.6 is 0 Å². The third-order valence-electron chi connectivity index (χ3n) is 1.92. The van der Waals surface area contributed by atoms with Gasteiger partial charge in [0.2, 0.25) is 0 Å². The van der Waals surface area contributed by atoms with Gasteiger partial charge in [-0.3, -0.25) is 4.79 Å². The molecule has 0 aromatic heterocycles. The summed E-state index contributed by atoms with van der Waals surface area (Å²) >= 11 is 0. The van der Waals surface area contributed by atoms with Gasteiger partial charge in [0.15, 0.2) is 0 Å². The van der Waals surface area contributed by atoms with E-state index in [0.29, 0.717) is 6.54 Å². The maximum atomic E-state index is 13.0. The summed E-state index contributed by atoms with van der Waals surface area (Å²) in [7, 11) is 1.62. The Bertz CT molecular complexity index is 370. The Morgan fingerprint density at radius 2 is 2.27 bits per heavy atom. The van der Waals surface area contributed by atoms with Crippen LogP contribution in [0.5, 0.6) is 0 Å². The highest BCUT2D eigenvalue weighted by Gasteiger charge is 2.11. The van der Waals surface area contributed by atoms with Crippen molar-refractivity contribution in [3.8, 4) is 0 Å². The SMILES string of the molecule is C=CCN(C)C(=O)c1cc(N)cc(F)c1. The van der Waals surface area contributed by atoms with Gasteiger partial charge in [0.25, 0.3) is 5.91 Å². The molecule has 0 fully saturated rings. The monoisotopic (exact) mass is 208 g/mol. The largest absolute Gasteiger partial charge is 0.399 e. The number of benzene rings is 1. The second-order valence-electron chi connectivity index (χ2n) is 3.25. The first-order valence-electron chi connectivity index (χ1n) is 4.47. The summed E-state index contributed by atoms with van der Waals surface area (Å²) in [6.45, 7) is 3.93. The number of carbonyl (C=O) groups excluding carboxylic acids is 1. The van der Waals surface area contributed by atoms with E-state index >= 15 is 0 Å². The second kappa shape index (κ2) is 4.59. The molecule has 80 valence electrons. The smallest absolute Gasteiger partial charge is 0.254 e. The average Bonchev–Trinajstić information content (AvgIpc) is 2.15. The molecule has 0 saturated carbocycles. The van der Waals surface area contributed by atoms with E-state index in [4.69, 9.17) is 5.73 Å². The molecule has 1 rings (SSSR count). The highest BCUT2D eigenvalue weighted by molar-refractivity contribution is 5.95. The van der Waals surface area contributed by atoms with Crippen LogP contribution in [0.25, 0.3) is 0 Å². The summed E-state index contributed by atoms with van der Waals surface area (Å²) in [6, 6.07) is 3.79. The quantitative estimate of drug-likeness (QED) is 0.606. The molecule has 0 radical (unpaired) electrons. The van der Waals surface area contributed by atoms with Crippen LogP contribution < -0.4 is 5.73 Å². The number of carbonyl (C=O) groups is 1. The van der Waals surface area contributed by atoms with E-state index in [2.05, 4.69) is 6.58 Å². The van der Waals surface area contributed by atoms with E-state index in [-0.39, 0.29) is 17.2 Å². The molecule has 0 aliphatic rings. The number of amides is 1. The fraction of sp³-hybridized carbons (Fsp3) is 0.182. The Hall–Kier alpha value is -1.84. The highest BCUT2D eigenvalue weighted by atomic mass is 19.1. The molecule has 0 aliphatic heterocycles. The first kappa shape index (κ1) is 11.2. The Morgan fingerprint density at radius 3 is 2.80 bits per heavy atom. The van der Waals surface area contributed by atoms with E-state index in [1.54, 1.807) is 13.1 Å². The molecule has 0 bridgehead atoms. The predicted octanol–water partition coefficient (Wildman–Crippen LogP) is 1.67. The van der Waals surface area contributed by atoms with Crippen LogP contribution in [0.1, 0.15) is 10.4 Å². The lowest BCUT2D eigenvalue weighted by Crippen LogP contribution is -2.26. The molecule has 15 heavy (non-hydrogen) atoms. The molecule has 0 unspecified atom stereocenters. The van der Waals surface area contributed by atoms with Gasteiger partial charge in [0.1, 0.15) is 5.82 Å². The van der Waals surface area contributed by atoms with Crippen molar-refractivity contribution in [2.75, 3.05) is 19.3 Å². The minimum atomic E-state index is -0.509. The first-order valence-corrected chi connectivity index (χ1v) is 4.47. The number of nitrogen functional groups attached to an aromatic ring is 1. The maximum Gasteiger partial charge on any atom is 0.254 e. The Balaban J connectivity index is 2.95. The summed E-state index contributed by atoms with van der Waals surface area (Å²) < 4.78 is 13.0. The van der Waals surface area contributed by atoms with Crippen LogP contribution in [0.15, 0.2) is 30.9 Å². The van der Waals surface area contributed by atoms with E-state index in [1.165, 1.54) is 17.0 Å². The molecule has 2 N–H and O–H groups in total. The molecule has 1 amide bonds. The fourth-order valence-electron chi connectivity index (χ4n) is 1.23. The second-order valence-corrected chi connectivity index (χ2v) is 3.25. The lowest BCUT2D eigenvalue weighted by atomic mass is 10.1. The van der Waals surface area contributed by atoms with Crippen molar-refractivity contribution in [2.24, 2.45) is 0 Å². The predicted molar refractivity (Wildman–Crippen MR) is 58.0 cm³/mol. The van der Waals surface area contributed by atoms with Crippen molar-refractivity contribution in [2.45, 2.75) is 0 Å². The van der Waals surface area contributed by atoms with Crippen molar-refractivity contribution in [1.29, 1.82) is 0 Å². The van der Waals surface area contributed by atoms with Crippen LogP contribution in [-0.2, 0) is 0 Å². The molecule has 1 aromatic rings. The summed E-state index contributed by atoms with van der Waals surface area (Å²) in [6.07, 6.45) is 1.60. The van der Waals surface area contributed by atoms with Gasteiger partial charge >= 0.3 is 0 Å². The van der Waals surface area contributed by atoms with Gasteiger partial charge in [-0.25, -0.2) is 4.39 Å². The van der Waals surface area contributed by atoms with Crippen LogP contribution in [0.2, 0.25) is 0 Å². The topological polar surface area (TPSA) is 46.3 Å². The zero-order chi connectivity index (χ0) is 11.4. The molecule has 4 heteroatoms. The Labute approximate surface area is 88.0 Å². The Kier molecular flexibility index (Phi) is 3.44. The lowest BCUT2D eigenvalue weighted by molar-refractivity contribution is 0.0810. The lowest BCUT2D eigenvalue weighted by Gasteiger charge is -2.14. The number of hydrogen-bond donors (Lipinski definition) is 1. The number of nitrogens with two attached hydrogens (primary N) is 1. The molecule has 0 heterocycles. The number of nitrogens with zero attached hydrogens (tertiary/aromatic N) is 1. The van der Waals surface area contributed by atoms with Gasteiger partial charge in [-0.2, -0.15) is 0 Å². The average molecular weight is 208 g/mol. The maximum absolute atomic E-state index is 13.0. The number of anilines is 1. The van der Waals surface area contributed by atoms with Crippen molar-refractivity contribution in [1.82, 2.24) is 4.90 Å². The Morgan fingerprint density at radius 1 is 1.60 bits per heavy atom. The third-order valence-corrected chi connectivity index (χ3v) is 1.92. The first-order chi connectivity index (χ1) is 7.04. The molecular formula is C11H13FN2O. The molecule has 0 saturated heterocycles. The van der Waals surface area contributed by atoms with Crippen molar-refractivity contribution >= 4 is 11.6 Å². The summed E-state index contributed by atoms with van der Waals surface area (Å²) in [5, 5.41) is 0. The van der Waals surface area contributed by atoms with Gasteiger partial charge in [0, 0.05) is 24.8 Å². The molecule has 0 atom stereocenters. The molecule has 0 spiro atoms. The fourth-order valence-corrected chi connectivity index (χ4v) is 1.23. The number of halogens is 1. The zero-order valence-corrected chi connectivity index (χ0v) is 8.53. The van der Waals surface area contributed by atoms with Crippen molar-refractivity contribution in [3.05, 3.63) is 42.2 Å². The molecule has 1 aromatic carbocycles. The number of hydrogen-bond acceptors (Lipinski definition) is 2. The normalized spacial score (nSPS) is 9.73. The van der Waals surface area contributed by atoms with Gasteiger partial charge in [-0.05, 0) is 18.2 Å². The van der Waals surface area contributed by atoms with Crippen molar-refractivity contribution in [3.63, 3.8) is 0 Å². The minimum Gasteiger partial charge on any atom is -0.399 e. The third kappa shape index (κ3) is 2.80. The van der Waals surface area contributed by atoms with E-state index in [1.807, 2.05) is 0 Å². The van der Waals surface area contributed by atoms with Gasteiger partial charge < -0.3 is 10.6 Å². The minimum absolute atomic E-state index is 0.241. The summed E-state index contributed by atoms with van der Waals surface area (Å²) in [4.78, 5) is 13.1. The van der Waals surface area contributed by atoms with Gasteiger partial charge in [0.05, 0.1) is 0 Å². The molecule has 3 nitrogen and oxygen atoms in total. The van der Waals surface area contributed by atoms with Crippen LogP contribution in [0.3, 0.4) is 0 Å². The van der Waals surface area contributed by atoms with Gasteiger partial charge in [-0.15, -0.1) is 6.58 Å². The molecular weight excluding hydrogens is 195 g/mol. The van der Waals surface area contributed by atoms with Crippen LogP contribution in [0, 0.1) is 5.82 Å². The molecule has 0 aliphatic carbocycles. The van der Waals surface area contributed by atoms with E-state index in [9.17, 15) is 9.18 Å². The van der Waals surface area contributed by atoms with Crippen molar-refractivity contribution < 1.29 is 9.18 Å². The van der Waals surface area contributed by atoms with E-state index in [0.717, 1.165) is 6.07 Å². The zero-order valence-electron chi connectivity index (χ0n) is 8.53. The summed E-state index contributed by atoms with van der Waals surface area (Å²) in [5.41, 5.74) is 5.93. The standard InChI is InChI=1S/C11H13FN2O/c1-3-4-14(2)11(15)8-5-9(12)7-10(13)6-8/h3,5-7H,1,4,13H2,2H3. The highest BCUT2D eigenvalue weighted by Crippen LogP contribution is 2.12. The summed E-state index contributed by atoms with van der Waals surface area (Å²) in [5.74, 6) is -0.786. The van der Waals surface area contributed by atoms with Crippen LogP contribution in [0.4, 0.5) is 10.1 Å². The van der Waals surface area contributed by atoms with Crippen LogP contribution in [-0.4, -0.2) is 24.4 Å². The number of likely N-dealkylation sites (N-methyl/N-ethyl adjacent to an activating group) is 1. The number of rotatable bonds is 3.